The highest BCUT2D eigenvalue weighted by Gasteiger charge is 2.22. The molecule has 2 aromatic carbocycles. The van der Waals surface area contributed by atoms with Gasteiger partial charge in [0, 0.05) is 12.6 Å². The highest BCUT2D eigenvalue weighted by atomic mass is 79.9. The molecule has 0 aromatic heterocycles. The van der Waals surface area contributed by atoms with Crippen molar-refractivity contribution in [2.24, 2.45) is 0 Å². The molecule has 0 aliphatic carbocycles. The zero-order valence-electron chi connectivity index (χ0n) is 16.8. The third-order valence-electron chi connectivity index (χ3n) is 4.26. The molecule has 9 heteroatoms. The molecular weight excluding hydrogens is 457 g/mol. The quantitative estimate of drug-likeness (QED) is 0.480. The first-order valence-corrected chi connectivity index (χ1v) is 10.2. The van der Waals surface area contributed by atoms with Crippen molar-refractivity contribution in [2.45, 2.75) is 18.9 Å². The fraction of sp³-hybridized carbons (Fsp3) is 0.333. The number of anilines is 1. The van der Waals surface area contributed by atoms with Gasteiger partial charge in [-0.3, -0.25) is 4.79 Å². The van der Waals surface area contributed by atoms with Crippen LogP contribution in [0.5, 0.6) is 5.75 Å². The molecule has 0 heterocycles. The van der Waals surface area contributed by atoms with Crippen molar-refractivity contribution in [3.8, 4) is 5.75 Å². The lowest BCUT2D eigenvalue weighted by Gasteiger charge is -2.19. The number of carbonyl (C=O) groups excluding carboxylic acids is 1. The van der Waals surface area contributed by atoms with E-state index in [0.29, 0.717) is 19.6 Å². The standard InChI is InChI=1S/C21H25BrFN3O4/c1-26(2)10-11-30-19-12-15(22)16(23)13-18(19)24-20(27)17(25-21(28)29)9-8-14-6-4-3-5-7-14/h3-7,12-13,17,25H,8-11H2,1-2H3,(H,24,27)(H,28,29). The second kappa shape index (κ2) is 11.5. The largest absolute Gasteiger partial charge is 0.490 e. The van der Waals surface area contributed by atoms with Crippen molar-refractivity contribution in [3.05, 3.63) is 58.3 Å². The maximum atomic E-state index is 14.1. The van der Waals surface area contributed by atoms with Gasteiger partial charge in [-0.1, -0.05) is 30.3 Å². The summed E-state index contributed by atoms with van der Waals surface area (Å²) in [7, 11) is 3.78. The third kappa shape index (κ3) is 7.64. The van der Waals surface area contributed by atoms with Crippen molar-refractivity contribution >= 4 is 33.6 Å². The lowest BCUT2D eigenvalue weighted by molar-refractivity contribution is -0.118. The number of rotatable bonds is 10. The van der Waals surface area contributed by atoms with Crippen LogP contribution in [0.4, 0.5) is 14.9 Å². The van der Waals surface area contributed by atoms with Crippen molar-refractivity contribution in [3.63, 3.8) is 0 Å². The number of amides is 2. The van der Waals surface area contributed by atoms with Gasteiger partial charge in [0.1, 0.15) is 24.2 Å². The molecule has 0 saturated heterocycles. The van der Waals surface area contributed by atoms with Gasteiger partial charge in [-0.05, 0) is 54.5 Å². The van der Waals surface area contributed by atoms with Crippen LogP contribution < -0.4 is 15.4 Å². The van der Waals surface area contributed by atoms with E-state index in [2.05, 4.69) is 26.6 Å². The first-order valence-electron chi connectivity index (χ1n) is 9.37. The van der Waals surface area contributed by atoms with Crippen LogP contribution in [0.25, 0.3) is 0 Å². The second-order valence-electron chi connectivity index (χ2n) is 6.93. The Kier molecular flexibility index (Phi) is 9.07. The molecule has 0 bridgehead atoms. The number of hydrogen-bond acceptors (Lipinski definition) is 4. The SMILES string of the molecule is CN(C)CCOc1cc(Br)c(F)cc1NC(=O)C(CCc1ccccc1)NC(=O)O. The van der Waals surface area contributed by atoms with Gasteiger partial charge in [-0.15, -0.1) is 0 Å². The normalized spacial score (nSPS) is 11.8. The molecule has 0 aliphatic heterocycles. The second-order valence-corrected chi connectivity index (χ2v) is 7.78. The molecular formula is C21H25BrFN3O4. The zero-order valence-corrected chi connectivity index (χ0v) is 18.4. The van der Waals surface area contributed by atoms with E-state index >= 15 is 0 Å². The summed E-state index contributed by atoms with van der Waals surface area (Å²) in [5, 5.41) is 13.9. The maximum absolute atomic E-state index is 14.1. The maximum Gasteiger partial charge on any atom is 0.405 e. The number of carboxylic acid groups (broad SMARTS) is 1. The number of nitrogens with one attached hydrogen (secondary N) is 2. The highest BCUT2D eigenvalue weighted by molar-refractivity contribution is 9.10. The van der Waals surface area contributed by atoms with Crippen molar-refractivity contribution < 1.29 is 23.8 Å². The van der Waals surface area contributed by atoms with E-state index in [1.807, 2.05) is 49.3 Å². The Hall–Kier alpha value is -2.65. The van der Waals surface area contributed by atoms with Crippen LogP contribution >= 0.6 is 15.9 Å². The van der Waals surface area contributed by atoms with E-state index < -0.39 is 23.9 Å². The fourth-order valence-corrected chi connectivity index (χ4v) is 3.00. The summed E-state index contributed by atoms with van der Waals surface area (Å²) >= 11 is 3.11. The number of aryl methyl sites for hydroxylation is 1. The van der Waals surface area contributed by atoms with Crippen molar-refractivity contribution in [1.82, 2.24) is 10.2 Å². The minimum atomic E-state index is -1.31. The molecule has 3 N–H and O–H groups in total. The van der Waals surface area contributed by atoms with E-state index in [-0.39, 0.29) is 22.3 Å². The average Bonchev–Trinajstić information content (AvgIpc) is 2.69. The van der Waals surface area contributed by atoms with Crippen LogP contribution in [0, 0.1) is 5.82 Å². The number of likely N-dealkylation sites (N-methyl/N-ethyl adjacent to an activating group) is 1. The van der Waals surface area contributed by atoms with Crippen LogP contribution in [0.2, 0.25) is 0 Å². The van der Waals surface area contributed by atoms with E-state index in [1.165, 1.54) is 6.07 Å². The van der Waals surface area contributed by atoms with Gasteiger partial charge in [0.25, 0.3) is 0 Å². The number of ether oxygens (including phenoxy) is 1. The summed E-state index contributed by atoms with van der Waals surface area (Å²) in [4.78, 5) is 25.9. The van der Waals surface area contributed by atoms with Gasteiger partial charge in [0.15, 0.2) is 0 Å². The third-order valence-corrected chi connectivity index (χ3v) is 4.86. The molecule has 0 spiro atoms. The summed E-state index contributed by atoms with van der Waals surface area (Å²) in [5.41, 5.74) is 1.11. The van der Waals surface area contributed by atoms with E-state index in [9.17, 15) is 14.0 Å². The number of nitrogens with zero attached hydrogens (tertiary/aromatic N) is 1. The molecule has 0 aliphatic rings. The van der Waals surface area contributed by atoms with Crippen LogP contribution in [-0.4, -0.2) is 55.3 Å². The van der Waals surface area contributed by atoms with E-state index in [1.54, 1.807) is 0 Å². The Morgan fingerprint density at radius 3 is 2.57 bits per heavy atom. The average molecular weight is 482 g/mol. The number of carbonyl (C=O) groups is 2. The first-order chi connectivity index (χ1) is 14.3. The molecule has 1 atom stereocenters. The summed E-state index contributed by atoms with van der Waals surface area (Å²) in [6.07, 6.45) is -0.564. The first kappa shape index (κ1) is 23.6. The molecule has 162 valence electrons. The van der Waals surface area contributed by atoms with Crippen LogP contribution in [0.1, 0.15) is 12.0 Å². The van der Waals surface area contributed by atoms with Crippen LogP contribution in [0.15, 0.2) is 46.9 Å². The monoisotopic (exact) mass is 481 g/mol. The Balaban J connectivity index is 2.14. The number of halogens is 2. The fourth-order valence-electron chi connectivity index (χ4n) is 2.68. The Morgan fingerprint density at radius 2 is 1.93 bits per heavy atom. The Bertz CT molecular complexity index is 865. The van der Waals surface area contributed by atoms with Gasteiger partial charge in [-0.25, -0.2) is 9.18 Å². The van der Waals surface area contributed by atoms with Crippen molar-refractivity contribution in [1.29, 1.82) is 0 Å². The lowest BCUT2D eigenvalue weighted by atomic mass is 10.0. The van der Waals surface area contributed by atoms with Gasteiger partial charge in [0.2, 0.25) is 5.91 Å². The van der Waals surface area contributed by atoms with Crippen LogP contribution in [0.3, 0.4) is 0 Å². The minimum absolute atomic E-state index is 0.136. The molecule has 2 amide bonds. The van der Waals surface area contributed by atoms with Gasteiger partial charge in [0.05, 0.1) is 10.2 Å². The number of hydrogen-bond donors (Lipinski definition) is 3. The molecule has 0 radical (unpaired) electrons. The van der Waals surface area contributed by atoms with E-state index in [0.717, 1.165) is 11.6 Å². The number of benzene rings is 2. The molecule has 2 aromatic rings. The Morgan fingerprint density at radius 1 is 1.23 bits per heavy atom. The van der Waals surface area contributed by atoms with Gasteiger partial charge in [-0.2, -0.15) is 0 Å². The van der Waals surface area contributed by atoms with Gasteiger partial charge < -0.3 is 25.4 Å². The van der Waals surface area contributed by atoms with Crippen molar-refractivity contribution in [2.75, 3.05) is 32.6 Å². The Labute approximate surface area is 183 Å². The topological polar surface area (TPSA) is 90.9 Å². The molecule has 7 nitrogen and oxygen atoms in total. The summed E-state index contributed by atoms with van der Waals surface area (Å²) in [6.45, 7) is 0.960. The molecule has 1 unspecified atom stereocenters. The minimum Gasteiger partial charge on any atom is -0.490 e. The summed E-state index contributed by atoms with van der Waals surface area (Å²) in [5.74, 6) is -0.875. The summed E-state index contributed by atoms with van der Waals surface area (Å²) < 4.78 is 20.0. The van der Waals surface area contributed by atoms with Crippen LogP contribution in [-0.2, 0) is 11.2 Å². The smallest absolute Gasteiger partial charge is 0.405 e. The predicted molar refractivity (Wildman–Crippen MR) is 116 cm³/mol. The zero-order chi connectivity index (χ0) is 22.1. The highest BCUT2D eigenvalue weighted by Crippen LogP contribution is 2.31. The summed E-state index contributed by atoms with van der Waals surface area (Å²) in [6, 6.07) is 11.0. The molecule has 30 heavy (non-hydrogen) atoms. The molecule has 2 rings (SSSR count). The van der Waals surface area contributed by atoms with E-state index in [4.69, 9.17) is 9.84 Å². The predicted octanol–water partition coefficient (Wildman–Crippen LogP) is 3.74. The molecule has 0 fully saturated rings. The molecule has 0 saturated carbocycles. The van der Waals surface area contributed by atoms with Gasteiger partial charge >= 0.3 is 6.09 Å². The lowest BCUT2D eigenvalue weighted by Crippen LogP contribution is -2.43.